The van der Waals surface area contributed by atoms with Gasteiger partial charge in [0, 0.05) is 17.5 Å². The molecule has 20 heavy (non-hydrogen) atoms. The first-order valence-corrected chi connectivity index (χ1v) is 7.54. The Morgan fingerprint density at radius 3 is 2.55 bits per heavy atom. The minimum Gasteiger partial charge on any atom is -0.327 e. The Balaban J connectivity index is 1.91. The van der Waals surface area contributed by atoms with Gasteiger partial charge in [-0.15, -0.1) is 0 Å². The predicted molar refractivity (Wildman–Crippen MR) is 82.8 cm³/mol. The van der Waals surface area contributed by atoms with Gasteiger partial charge in [-0.3, -0.25) is 4.79 Å². The van der Waals surface area contributed by atoms with Crippen molar-refractivity contribution in [3.05, 3.63) is 48.0 Å². The van der Waals surface area contributed by atoms with Crippen LogP contribution in [0.4, 0.5) is 0 Å². The van der Waals surface area contributed by atoms with Gasteiger partial charge >= 0.3 is 0 Å². The fraction of sp³-hybridized carbons (Fsp3) is 0.389. The molecule has 2 aromatic rings. The smallest absolute Gasteiger partial charge is 0.167 e. The van der Waals surface area contributed by atoms with Crippen molar-refractivity contribution in [1.82, 2.24) is 0 Å². The summed E-state index contributed by atoms with van der Waals surface area (Å²) < 4.78 is 0. The standard InChI is InChI=1S/C18H21NO/c19-17-9-3-1-2-8-16(17)18(20)15-11-10-13-6-4-5-7-14(13)12-15/h4-7,10-12,16-17H,1-3,8-9,19H2. The average molecular weight is 267 g/mol. The van der Waals surface area contributed by atoms with Crippen molar-refractivity contribution in [3.63, 3.8) is 0 Å². The van der Waals surface area contributed by atoms with Crippen molar-refractivity contribution in [1.29, 1.82) is 0 Å². The van der Waals surface area contributed by atoms with Gasteiger partial charge in [-0.05, 0) is 29.7 Å². The van der Waals surface area contributed by atoms with E-state index in [2.05, 4.69) is 12.1 Å². The minimum absolute atomic E-state index is 0.00124. The van der Waals surface area contributed by atoms with Gasteiger partial charge in [0.05, 0.1) is 0 Å². The minimum atomic E-state index is -0.00124. The molecule has 0 heterocycles. The molecule has 104 valence electrons. The number of hydrogen-bond acceptors (Lipinski definition) is 2. The van der Waals surface area contributed by atoms with Gasteiger partial charge in [0.2, 0.25) is 0 Å². The van der Waals surface area contributed by atoms with Crippen LogP contribution in [-0.2, 0) is 0 Å². The largest absolute Gasteiger partial charge is 0.327 e. The lowest BCUT2D eigenvalue weighted by molar-refractivity contribution is 0.0895. The van der Waals surface area contributed by atoms with E-state index in [9.17, 15) is 4.79 Å². The molecule has 0 spiro atoms. The van der Waals surface area contributed by atoms with E-state index in [1.807, 2.05) is 30.3 Å². The predicted octanol–water partition coefficient (Wildman–Crippen LogP) is 3.93. The van der Waals surface area contributed by atoms with E-state index in [-0.39, 0.29) is 17.7 Å². The number of ketones is 1. The molecular formula is C18H21NO. The monoisotopic (exact) mass is 267 g/mol. The van der Waals surface area contributed by atoms with Crippen molar-refractivity contribution in [2.45, 2.75) is 38.1 Å². The molecule has 1 saturated carbocycles. The Hall–Kier alpha value is -1.67. The van der Waals surface area contributed by atoms with Crippen LogP contribution in [-0.4, -0.2) is 11.8 Å². The second-order valence-corrected chi connectivity index (χ2v) is 5.83. The number of fused-ring (bicyclic) bond motifs is 1. The van der Waals surface area contributed by atoms with Gasteiger partial charge in [0.25, 0.3) is 0 Å². The van der Waals surface area contributed by atoms with E-state index in [1.54, 1.807) is 0 Å². The molecule has 2 aromatic carbocycles. The average Bonchev–Trinajstić information content (AvgIpc) is 2.70. The zero-order valence-electron chi connectivity index (χ0n) is 11.7. The van der Waals surface area contributed by atoms with Crippen molar-refractivity contribution in [2.75, 3.05) is 0 Å². The summed E-state index contributed by atoms with van der Waals surface area (Å²) >= 11 is 0. The molecule has 0 bridgehead atoms. The highest BCUT2D eigenvalue weighted by molar-refractivity contribution is 6.01. The maximum Gasteiger partial charge on any atom is 0.167 e. The highest BCUT2D eigenvalue weighted by Crippen LogP contribution is 2.26. The molecule has 2 nitrogen and oxygen atoms in total. The van der Waals surface area contributed by atoms with Crippen LogP contribution in [0.2, 0.25) is 0 Å². The molecule has 1 fully saturated rings. The number of carbonyl (C=O) groups is 1. The fourth-order valence-electron chi connectivity index (χ4n) is 3.22. The number of rotatable bonds is 2. The Morgan fingerprint density at radius 1 is 0.950 bits per heavy atom. The number of nitrogens with two attached hydrogens (primary N) is 1. The maximum atomic E-state index is 12.7. The van der Waals surface area contributed by atoms with Gasteiger partial charge in [-0.2, -0.15) is 0 Å². The number of hydrogen-bond donors (Lipinski definition) is 1. The molecule has 0 aromatic heterocycles. The van der Waals surface area contributed by atoms with E-state index in [1.165, 1.54) is 11.8 Å². The highest BCUT2D eigenvalue weighted by Gasteiger charge is 2.27. The van der Waals surface area contributed by atoms with Crippen LogP contribution in [0, 0.1) is 5.92 Å². The van der Waals surface area contributed by atoms with Crippen LogP contribution < -0.4 is 5.73 Å². The second kappa shape index (κ2) is 5.76. The van der Waals surface area contributed by atoms with Crippen molar-refractivity contribution >= 4 is 16.6 Å². The number of Topliss-reactive ketones (excluding diaryl/α,β-unsaturated/α-hetero) is 1. The van der Waals surface area contributed by atoms with Gasteiger partial charge in [0.1, 0.15) is 0 Å². The maximum absolute atomic E-state index is 12.7. The van der Waals surface area contributed by atoms with Gasteiger partial charge < -0.3 is 5.73 Å². The molecule has 0 amide bonds. The third-order valence-electron chi connectivity index (χ3n) is 4.44. The third kappa shape index (κ3) is 2.61. The Kier molecular flexibility index (Phi) is 3.83. The molecule has 2 atom stereocenters. The molecule has 0 radical (unpaired) electrons. The fourth-order valence-corrected chi connectivity index (χ4v) is 3.22. The normalized spacial score (nSPS) is 23.4. The molecular weight excluding hydrogens is 246 g/mol. The summed E-state index contributed by atoms with van der Waals surface area (Å²) in [4.78, 5) is 12.7. The van der Waals surface area contributed by atoms with Crippen LogP contribution in [0.3, 0.4) is 0 Å². The third-order valence-corrected chi connectivity index (χ3v) is 4.44. The highest BCUT2D eigenvalue weighted by atomic mass is 16.1. The zero-order valence-corrected chi connectivity index (χ0v) is 11.7. The molecule has 2 N–H and O–H groups in total. The van der Waals surface area contributed by atoms with Gasteiger partial charge in [0.15, 0.2) is 5.78 Å². The lowest BCUT2D eigenvalue weighted by atomic mass is 9.87. The Bertz CT molecular complexity index is 620. The SMILES string of the molecule is NC1CCCCCC1C(=O)c1ccc2ccccc2c1. The van der Waals surface area contributed by atoms with Crippen LogP contribution in [0.1, 0.15) is 42.5 Å². The first kappa shape index (κ1) is 13.3. The lowest BCUT2D eigenvalue weighted by Crippen LogP contribution is -2.34. The van der Waals surface area contributed by atoms with Crippen molar-refractivity contribution in [3.8, 4) is 0 Å². The summed E-state index contributed by atoms with van der Waals surface area (Å²) in [6, 6.07) is 14.2. The number of carbonyl (C=O) groups excluding carboxylic acids is 1. The molecule has 1 aliphatic carbocycles. The van der Waals surface area contributed by atoms with Crippen LogP contribution >= 0.6 is 0 Å². The molecule has 0 aliphatic heterocycles. The lowest BCUT2D eigenvalue weighted by Gasteiger charge is -2.20. The topological polar surface area (TPSA) is 43.1 Å². The van der Waals surface area contributed by atoms with E-state index >= 15 is 0 Å². The Morgan fingerprint density at radius 2 is 1.70 bits per heavy atom. The summed E-state index contributed by atoms with van der Waals surface area (Å²) in [5.74, 6) is 0.226. The van der Waals surface area contributed by atoms with Gasteiger partial charge in [-0.25, -0.2) is 0 Å². The van der Waals surface area contributed by atoms with Crippen molar-refractivity contribution < 1.29 is 4.79 Å². The molecule has 3 rings (SSSR count). The summed E-state index contributed by atoms with van der Waals surface area (Å²) in [5.41, 5.74) is 7.02. The van der Waals surface area contributed by atoms with Gasteiger partial charge in [-0.1, -0.05) is 55.7 Å². The van der Waals surface area contributed by atoms with Crippen molar-refractivity contribution in [2.24, 2.45) is 11.7 Å². The first-order valence-electron chi connectivity index (χ1n) is 7.54. The molecule has 1 aliphatic rings. The van der Waals surface area contributed by atoms with E-state index in [0.717, 1.165) is 36.6 Å². The van der Waals surface area contributed by atoms with E-state index in [4.69, 9.17) is 5.73 Å². The van der Waals surface area contributed by atoms with Crippen LogP contribution in [0.15, 0.2) is 42.5 Å². The molecule has 2 unspecified atom stereocenters. The quantitative estimate of drug-likeness (QED) is 0.661. The summed E-state index contributed by atoms with van der Waals surface area (Å²) in [7, 11) is 0. The zero-order chi connectivity index (χ0) is 13.9. The van der Waals surface area contributed by atoms with E-state index < -0.39 is 0 Å². The molecule has 2 heteroatoms. The van der Waals surface area contributed by atoms with E-state index in [0.29, 0.717) is 0 Å². The Labute approximate surface area is 120 Å². The second-order valence-electron chi connectivity index (χ2n) is 5.83. The van der Waals surface area contributed by atoms with Crippen LogP contribution in [0.5, 0.6) is 0 Å². The summed E-state index contributed by atoms with van der Waals surface area (Å²) in [6.07, 6.45) is 5.40. The number of benzene rings is 2. The van der Waals surface area contributed by atoms with Crippen LogP contribution in [0.25, 0.3) is 10.8 Å². The molecule has 0 saturated heterocycles. The summed E-state index contributed by atoms with van der Waals surface area (Å²) in [5, 5.41) is 2.30. The first-order chi connectivity index (χ1) is 9.75. The summed E-state index contributed by atoms with van der Waals surface area (Å²) in [6.45, 7) is 0.